The van der Waals surface area contributed by atoms with Gasteiger partial charge in [-0.3, -0.25) is 4.79 Å². The van der Waals surface area contributed by atoms with E-state index in [4.69, 9.17) is 5.11 Å². The molecule has 0 aromatic carbocycles. The third kappa shape index (κ3) is 9.49. The molecule has 0 saturated carbocycles. The van der Waals surface area contributed by atoms with Gasteiger partial charge in [0.05, 0.1) is 5.92 Å². The molecule has 0 rings (SSSR count). The Morgan fingerprint density at radius 3 is 2.06 bits per heavy atom. The lowest BCUT2D eigenvalue weighted by molar-refractivity contribution is -0.141. The highest BCUT2D eigenvalue weighted by molar-refractivity contribution is 5.69. The summed E-state index contributed by atoms with van der Waals surface area (Å²) in [4.78, 5) is 10.7. The minimum absolute atomic E-state index is 0.170. The van der Waals surface area contributed by atoms with E-state index in [1.807, 2.05) is 6.92 Å². The number of unbranched alkanes of at least 4 members (excludes halogenated alkanes) is 3. The van der Waals surface area contributed by atoms with Gasteiger partial charge in [0.1, 0.15) is 0 Å². The number of carbonyl (C=O) groups is 1. The summed E-state index contributed by atoms with van der Waals surface area (Å²) in [5.74, 6) is 0.0881. The van der Waals surface area contributed by atoms with Gasteiger partial charge >= 0.3 is 5.97 Å². The van der Waals surface area contributed by atoms with Crippen molar-refractivity contribution in [3.05, 3.63) is 0 Å². The number of aliphatic carboxylic acids is 1. The zero-order valence-electron chi connectivity index (χ0n) is 12.6. The van der Waals surface area contributed by atoms with Gasteiger partial charge in [0.2, 0.25) is 0 Å². The first-order chi connectivity index (χ1) is 8.61. The van der Waals surface area contributed by atoms with Crippen molar-refractivity contribution in [3.63, 3.8) is 0 Å². The maximum atomic E-state index is 10.7. The standard InChI is InChI=1S/C16H32O2/c1-4-6-12-15(10-5-2)13-9-7-8-11-14(3)16(17)18/h14-15H,4-13H2,1-3H3,(H,17,18). The summed E-state index contributed by atoms with van der Waals surface area (Å²) in [6.07, 6.45) is 12.4. The van der Waals surface area contributed by atoms with Crippen LogP contribution in [0.5, 0.6) is 0 Å². The normalized spacial score (nSPS) is 14.4. The van der Waals surface area contributed by atoms with E-state index in [1.165, 1.54) is 51.4 Å². The third-order valence-corrected chi connectivity index (χ3v) is 3.83. The molecule has 2 nitrogen and oxygen atoms in total. The molecule has 0 fully saturated rings. The summed E-state index contributed by atoms with van der Waals surface area (Å²) in [5, 5.41) is 8.79. The molecule has 0 radical (unpaired) electrons. The highest BCUT2D eigenvalue weighted by atomic mass is 16.4. The minimum Gasteiger partial charge on any atom is -0.481 e. The Balaban J connectivity index is 3.56. The highest BCUT2D eigenvalue weighted by Gasteiger charge is 2.10. The lowest BCUT2D eigenvalue weighted by Gasteiger charge is -2.15. The van der Waals surface area contributed by atoms with Gasteiger partial charge in [0.15, 0.2) is 0 Å². The molecule has 0 spiro atoms. The van der Waals surface area contributed by atoms with Crippen LogP contribution in [0.2, 0.25) is 0 Å². The number of rotatable bonds is 12. The highest BCUT2D eigenvalue weighted by Crippen LogP contribution is 2.22. The molecule has 18 heavy (non-hydrogen) atoms. The van der Waals surface area contributed by atoms with Crippen LogP contribution in [-0.2, 0) is 4.79 Å². The zero-order chi connectivity index (χ0) is 13.8. The molecule has 0 saturated heterocycles. The van der Waals surface area contributed by atoms with E-state index in [0.29, 0.717) is 0 Å². The molecule has 2 heteroatoms. The SMILES string of the molecule is CCCCC(CCC)CCCCCC(C)C(=O)O. The van der Waals surface area contributed by atoms with Gasteiger partial charge in [-0.2, -0.15) is 0 Å². The fraction of sp³-hybridized carbons (Fsp3) is 0.938. The lowest BCUT2D eigenvalue weighted by atomic mass is 9.91. The summed E-state index contributed by atoms with van der Waals surface area (Å²) >= 11 is 0. The first-order valence-corrected chi connectivity index (χ1v) is 7.84. The molecule has 0 aromatic rings. The number of hydrogen-bond donors (Lipinski definition) is 1. The predicted molar refractivity (Wildman–Crippen MR) is 77.8 cm³/mol. The van der Waals surface area contributed by atoms with Gasteiger partial charge in [-0.15, -0.1) is 0 Å². The zero-order valence-corrected chi connectivity index (χ0v) is 12.6. The quantitative estimate of drug-likeness (QED) is 0.483. The molecular weight excluding hydrogens is 224 g/mol. The molecule has 0 aromatic heterocycles. The molecule has 0 aliphatic heterocycles. The first kappa shape index (κ1) is 17.5. The molecule has 0 aliphatic carbocycles. The van der Waals surface area contributed by atoms with Crippen molar-refractivity contribution in [1.29, 1.82) is 0 Å². The predicted octanol–water partition coefficient (Wildman–Crippen LogP) is 5.26. The maximum Gasteiger partial charge on any atom is 0.306 e. The molecule has 1 N–H and O–H groups in total. The third-order valence-electron chi connectivity index (χ3n) is 3.83. The van der Waals surface area contributed by atoms with E-state index in [2.05, 4.69) is 13.8 Å². The van der Waals surface area contributed by atoms with Gasteiger partial charge in [-0.05, 0) is 12.3 Å². The molecular formula is C16H32O2. The Labute approximate surface area is 113 Å². The van der Waals surface area contributed by atoms with Crippen LogP contribution in [0.25, 0.3) is 0 Å². The van der Waals surface area contributed by atoms with Crippen LogP contribution in [0.4, 0.5) is 0 Å². The lowest BCUT2D eigenvalue weighted by Crippen LogP contribution is -2.09. The average molecular weight is 256 g/mol. The topological polar surface area (TPSA) is 37.3 Å². The second kappa shape index (κ2) is 11.6. The molecule has 2 unspecified atom stereocenters. The number of carboxylic acid groups (broad SMARTS) is 1. The van der Waals surface area contributed by atoms with Crippen molar-refractivity contribution in [1.82, 2.24) is 0 Å². The summed E-state index contributed by atoms with van der Waals surface area (Å²) in [5.41, 5.74) is 0. The summed E-state index contributed by atoms with van der Waals surface area (Å²) < 4.78 is 0. The van der Waals surface area contributed by atoms with Gasteiger partial charge in [-0.25, -0.2) is 0 Å². The largest absolute Gasteiger partial charge is 0.481 e. The van der Waals surface area contributed by atoms with Gasteiger partial charge in [0, 0.05) is 0 Å². The fourth-order valence-corrected chi connectivity index (χ4v) is 2.52. The molecule has 0 aliphatic rings. The van der Waals surface area contributed by atoms with Crippen LogP contribution in [-0.4, -0.2) is 11.1 Å². The maximum absolute atomic E-state index is 10.7. The molecule has 0 heterocycles. The van der Waals surface area contributed by atoms with E-state index in [0.717, 1.165) is 18.8 Å². The van der Waals surface area contributed by atoms with Crippen LogP contribution in [0.3, 0.4) is 0 Å². The van der Waals surface area contributed by atoms with E-state index in [9.17, 15) is 4.79 Å². The van der Waals surface area contributed by atoms with Crippen molar-refractivity contribution in [2.75, 3.05) is 0 Å². The Morgan fingerprint density at radius 1 is 0.889 bits per heavy atom. The smallest absolute Gasteiger partial charge is 0.306 e. The summed E-state index contributed by atoms with van der Waals surface area (Å²) in [6.45, 7) is 6.34. The van der Waals surface area contributed by atoms with Crippen LogP contribution in [0, 0.1) is 11.8 Å². The van der Waals surface area contributed by atoms with Crippen LogP contribution in [0.1, 0.15) is 85.0 Å². The Morgan fingerprint density at radius 2 is 1.50 bits per heavy atom. The Kier molecular flexibility index (Phi) is 11.2. The molecule has 0 amide bonds. The van der Waals surface area contributed by atoms with Crippen molar-refractivity contribution >= 4 is 5.97 Å². The van der Waals surface area contributed by atoms with E-state index < -0.39 is 5.97 Å². The van der Waals surface area contributed by atoms with Crippen molar-refractivity contribution in [2.45, 2.75) is 85.0 Å². The minimum atomic E-state index is -0.651. The van der Waals surface area contributed by atoms with Crippen LogP contribution < -0.4 is 0 Å². The van der Waals surface area contributed by atoms with E-state index in [-0.39, 0.29) is 5.92 Å². The summed E-state index contributed by atoms with van der Waals surface area (Å²) in [6, 6.07) is 0. The van der Waals surface area contributed by atoms with Gasteiger partial charge in [0.25, 0.3) is 0 Å². The Hall–Kier alpha value is -0.530. The number of hydrogen-bond acceptors (Lipinski definition) is 1. The van der Waals surface area contributed by atoms with Crippen molar-refractivity contribution < 1.29 is 9.90 Å². The van der Waals surface area contributed by atoms with Gasteiger partial charge in [-0.1, -0.05) is 78.6 Å². The molecule has 2 atom stereocenters. The fourth-order valence-electron chi connectivity index (χ4n) is 2.52. The van der Waals surface area contributed by atoms with Crippen molar-refractivity contribution in [2.24, 2.45) is 11.8 Å². The average Bonchev–Trinajstić information content (AvgIpc) is 2.34. The van der Waals surface area contributed by atoms with E-state index >= 15 is 0 Å². The van der Waals surface area contributed by atoms with Crippen LogP contribution >= 0.6 is 0 Å². The monoisotopic (exact) mass is 256 g/mol. The molecule has 0 bridgehead atoms. The first-order valence-electron chi connectivity index (χ1n) is 7.84. The second-order valence-electron chi connectivity index (χ2n) is 5.67. The number of carboxylic acids is 1. The van der Waals surface area contributed by atoms with Crippen molar-refractivity contribution in [3.8, 4) is 0 Å². The van der Waals surface area contributed by atoms with Gasteiger partial charge < -0.3 is 5.11 Å². The Bertz CT molecular complexity index is 201. The summed E-state index contributed by atoms with van der Waals surface area (Å²) in [7, 11) is 0. The van der Waals surface area contributed by atoms with E-state index in [1.54, 1.807) is 0 Å². The van der Waals surface area contributed by atoms with Crippen LogP contribution in [0.15, 0.2) is 0 Å². The molecule has 108 valence electrons. The second-order valence-corrected chi connectivity index (χ2v) is 5.67.